The molecule has 3 heterocycles. The van der Waals surface area contributed by atoms with E-state index in [-0.39, 0.29) is 5.91 Å². The molecule has 0 saturated carbocycles. The van der Waals surface area contributed by atoms with Crippen LogP contribution in [0.2, 0.25) is 0 Å². The molecule has 2 fully saturated rings. The van der Waals surface area contributed by atoms with Gasteiger partial charge >= 0.3 is 0 Å². The van der Waals surface area contributed by atoms with Crippen LogP contribution in [0.5, 0.6) is 0 Å². The summed E-state index contributed by atoms with van der Waals surface area (Å²) in [4.78, 5) is 19.6. The van der Waals surface area contributed by atoms with Gasteiger partial charge in [-0.2, -0.15) is 0 Å². The molecule has 1 aromatic heterocycles. The van der Waals surface area contributed by atoms with Gasteiger partial charge in [0.05, 0.1) is 12.2 Å². The number of anilines is 1. The standard InChI is InChI=1S/C20H26N4OS/c25-19(16-6-3-5-15(11-16)17-7-4-8-21-12-17)22-13-18-14-26-20(23-18)24-9-1-2-10-24/h3,5-6,11,14,17,21H,1-2,4,7-10,12-13H2,(H,22,25)/t17-/m0/s1. The summed E-state index contributed by atoms with van der Waals surface area (Å²) in [6, 6.07) is 8.07. The quantitative estimate of drug-likeness (QED) is 0.849. The van der Waals surface area contributed by atoms with E-state index in [1.54, 1.807) is 11.3 Å². The molecule has 0 aliphatic carbocycles. The molecule has 1 atom stereocenters. The van der Waals surface area contributed by atoms with Crippen molar-refractivity contribution in [3.05, 3.63) is 46.5 Å². The molecule has 0 bridgehead atoms. The summed E-state index contributed by atoms with van der Waals surface area (Å²) in [7, 11) is 0. The molecule has 2 aliphatic rings. The Balaban J connectivity index is 1.36. The van der Waals surface area contributed by atoms with Crippen LogP contribution >= 0.6 is 11.3 Å². The molecule has 0 spiro atoms. The summed E-state index contributed by atoms with van der Waals surface area (Å²) in [5.41, 5.74) is 2.94. The fourth-order valence-electron chi connectivity index (χ4n) is 3.77. The molecule has 0 radical (unpaired) electrons. The van der Waals surface area contributed by atoms with Crippen LogP contribution in [0.25, 0.3) is 0 Å². The summed E-state index contributed by atoms with van der Waals surface area (Å²) in [6.45, 7) is 4.79. The van der Waals surface area contributed by atoms with Crippen LogP contribution in [0.3, 0.4) is 0 Å². The second-order valence-corrected chi connectivity index (χ2v) is 8.00. The fraction of sp³-hybridized carbons (Fsp3) is 0.500. The van der Waals surface area contributed by atoms with Gasteiger partial charge in [0.15, 0.2) is 5.13 Å². The highest BCUT2D eigenvalue weighted by Crippen LogP contribution is 2.25. The third kappa shape index (κ3) is 4.07. The Kier molecular flexibility index (Phi) is 5.51. The number of thiazole rings is 1. The molecule has 0 unspecified atom stereocenters. The van der Waals surface area contributed by atoms with E-state index in [0.717, 1.165) is 42.6 Å². The van der Waals surface area contributed by atoms with Crippen LogP contribution in [0.1, 0.15) is 53.2 Å². The Labute approximate surface area is 158 Å². The first-order valence-electron chi connectivity index (χ1n) is 9.58. The summed E-state index contributed by atoms with van der Waals surface area (Å²) in [5.74, 6) is 0.490. The van der Waals surface area contributed by atoms with Crippen molar-refractivity contribution in [2.24, 2.45) is 0 Å². The first-order chi connectivity index (χ1) is 12.8. The zero-order valence-corrected chi connectivity index (χ0v) is 15.9. The molecule has 2 aromatic rings. The second kappa shape index (κ2) is 8.18. The minimum absolute atomic E-state index is 0.0219. The van der Waals surface area contributed by atoms with Crippen LogP contribution in [0.15, 0.2) is 29.6 Å². The number of piperidine rings is 1. The van der Waals surface area contributed by atoms with Crippen molar-refractivity contribution in [3.8, 4) is 0 Å². The van der Waals surface area contributed by atoms with E-state index in [9.17, 15) is 4.79 Å². The van der Waals surface area contributed by atoms with Crippen LogP contribution in [0.4, 0.5) is 5.13 Å². The molecule has 6 heteroatoms. The molecule has 5 nitrogen and oxygen atoms in total. The lowest BCUT2D eigenvalue weighted by Gasteiger charge is -2.23. The number of nitrogens with zero attached hydrogens (tertiary/aromatic N) is 2. The van der Waals surface area contributed by atoms with Gasteiger partial charge in [0, 0.05) is 30.6 Å². The minimum Gasteiger partial charge on any atom is -0.348 e. The van der Waals surface area contributed by atoms with Crippen molar-refractivity contribution in [1.29, 1.82) is 0 Å². The average Bonchev–Trinajstić information content (AvgIpc) is 3.38. The molecule has 2 N–H and O–H groups in total. The lowest BCUT2D eigenvalue weighted by Crippen LogP contribution is -2.28. The Hall–Kier alpha value is -1.92. The second-order valence-electron chi connectivity index (χ2n) is 7.17. The number of nitrogens with one attached hydrogen (secondary N) is 2. The van der Waals surface area contributed by atoms with Crippen LogP contribution in [-0.2, 0) is 6.54 Å². The largest absolute Gasteiger partial charge is 0.348 e. The molecule has 1 amide bonds. The van der Waals surface area contributed by atoms with E-state index in [1.165, 1.54) is 31.2 Å². The summed E-state index contributed by atoms with van der Waals surface area (Å²) >= 11 is 1.67. The van der Waals surface area contributed by atoms with E-state index in [1.807, 2.05) is 18.2 Å². The number of benzene rings is 1. The Morgan fingerprint density at radius 3 is 3.00 bits per heavy atom. The molecule has 26 heavy (non-hydrogen) atoms. The maximum Gasteiger partial charge on any atom is 0.251 e. The highest BCUT2D eigenvalue weighted by atomic mass is 32.1. The molecular weight excluding hydrogens is 344 g/mol. The zero-order chi connectivity index (χ0) is 17.8. The van der Waals surface area contributed by atoms with Gasteiger partial charge < -0.3 is 15.5 Å². The van der Waals surface area contributed by atoms with E-state index in [4.69, 9.17) is 0 Å². The van der Waals surface area contributed by atoms with Gasteiger partial charge in [-0.25, -0.2) is 4.98 Å². The summed E-state index contributed by atoms with van der Waals surface area (Å²) in [5, 5.41) is 9.60. The topological polar surface area (TPSA) is 57.3 Å². The van der Waals surface area contributed by atoms with Gasteiger partial charge in [-0.1, -0.05) is 12.1 Å². The predicted octanol–water partition coefficient (Wildman–Crippen LogP) is 3.14. The SMILES string of the molecule is O=C(NCc1csc(N2CCCC2)n1)c1cccc([C@H]2CCCNC2)c1. The normalized spacial score (nSPS) is 20.3. The van der Waals surface area contributed by atoms with Gasteiger partial charge in [-0.3, -0.25) is 4.79 Å². The molecule has 2 aliphatic heterocycles. The van der Waals surface area contributed by atoms with Crippen LogP contribution < -0.4 is 15.5 Å². The first kappa shape index (κ1) is 17.5. The van der Waals surface area contributed by atoms with E-state index >= 15 is 0 Å². The highest BCUT2D eigenvalue weighted by Gasteiger charge is 2.18. The molecule has 138 valence electrons. The van der Waals surface area contributed by atoms with E-state index in [2.05, 4.69) is 32.0 Å². The number of hydrogen-bond donors (Lipinski definition) is 2. The molecule has 4 rings (SSSR count). The van der Waals surface area contributed by atoms with E-state index in [0.29, 0.717) is 12.5 Å². The lowest BCUT2D eigenvalue weighted by atomic mass is 9.90. The van der Waals surface area contributed by atoms with Gasteiger partial charge in [0.1, 0.15) is 0 Å². The molecular formula is C20H26N4OS. The third-order valence-corrected chi connectivity index (χ3v) is 6.21. The lowest BCUT2D eigenvalue weighted by molar-refractivity contribution is 0.0950. The van der Waals surface area contributed by atoms with E-state index < -0.39 is 0 Å². The number of hydrogen-bond acceptors (Lipinski definition) is 5. The van der Waals surface area contributed by atoms with Crippen molar-refractivity contribution in [2.75, 3.05) is 31.1 Å². The number of carbonyl (C=O) groups excluding carboxylic acids is 1. The van der Waals surface area contributed by atoms with Crippen molar-refractivity contribution in [3.63, 3.8) is 0 Å². The molecule has 1 aromatic carbocycles. The smallest absolute Gasteiger partial charge is 0.251 e. The Morgan fingerprint density at radius 1 is 1.31 bits per heavy atom. The summed E-state index contributed by atoms with van der Waals surface area (Å²) < 4.78 is 0. The number of aromatic nitrogens is 1. The first-order valence-corrected chi connectivity index (χ1v) is 10.5. The minimum atomic E-state index is -0.0219. The number of amides is 1. The Bertz CT molecular complexity index is 748. The predicted molar refractivity (Wildman–Crippen MR) is 106 cm³/mol. The highest BCUT2D eigenvalue weighted by molar-refractivity contribution is 7.13. The molecule has 2 saturated heterocycles. The maximum atomic E-state index is 12.6. The third-order valence-electron chi connectivity index (χ3n) is 5.26. The summed E-state index contributed by atoms with van der Waals surface area (Å²) in [6.07, 6.45) is 4.89. The maximum absolute atomic E-state index is 12.6. The van der Waals surface area contributed by atoms with Crippen molar-refractivity contribution < 1.29 is 4.79 Å². The van der Waals surface area contributed by atoms with Gasteiger partial charge in [0.25, 0.3) is 5.91 Å². The van der Waals surface area contributed by atoms with Gasteiger partial charge in [-0.05, 0) is 55.8 Å². The zero-order valence-electron chi connectivity index (χ0n) is 15.0. The van der Waals surface area contributed by atoms with Crippen molar-refractivity contribution in [1.82, 2.24) is 15.6 Å². The number of carbonyl (C=O) groups is 1. The van der Waals surface area contributed by atoms with Crippen LogP contribution in [0, 0.1) is 0 Å². The van der Waals surface area contributed by atoms with Crippen molar-refractivity contribution >= 4 is 22.4 Å². The van der Waals surface area contributed by atoms with Crippen molar-refractivity contribution in [2.45, 2.75) is 38.1 Å². The van der Waals surface area contributed by atoms with Gasteiger partial charge in [-0.15, -0.1) is 11.3 Å². The van der Waals surface area contributed by atoms with Crippen LogP contribution in [-0.4, -0.2) is 37.1 Å². The fourth-order valence-corrected chi connectivity index (χ4v) is 4.65. The monoisotopic (exact) mass is 370 g/mol. The van der Waals surface area contributed by atoms with Gasteiger partial charge in [0.2, 0.25) is 0 Å². The Morgan fingerprint density at radius 2 is 2.19 bits per heavy atom. The average molecular weight is 371 g/mol. The number of rotatable bonds is 5.